The summed E-state index contributed by atoms with van der Waals surface area (Å²) in [4.78, 5) is 34.3. The van der Waals surface area contributed by atoms with Crippen LogP contribution in [0, 0.1) is 0 Å². The fourth-order valence-electron chi connectivity index (χ4n) is 3.77. The molecule has 0 radical (unpaired) electrons. The summed E-state index contributed by atoms with van der Waals surface area (Å²) in [5.41, 5.74) is 3.81. The van der Waals surface area contributed by atoms with Crippen LogP contribution in [0.2, 0.25) is 0 Å². The van der Waals surface area contributed by atoms with Crippen LogP contribution in [0.25, 0.3) is 21.9 Å². The van der Waals surface area contributed by atoms with Gasteiger partial charge in [0.25, 0.3) is 5.91 Å². The molecule has 1 fully saturated rings. The number of methoxy groups -OCH3 is 1. The van der Waals surface area contributed by atoms with Crippen molar-refractivity contribution in [2.75, 3.05) is 38.2 Å². The van der Waals surface area contributed by atoms with Gasteiger partial charge in [0.2, 0.25) is 5.88 Å². The van der Waals surface area contributed by atoms with Gasteiger partial charge in [-0.1, -0.05) is 12.1 Å². The quantitative estimate of drug-likeness (QED) is 0.522. The van der Waals surface area contributed by atoms with Gasteiger partial charge in [-0.2, -0.15) is 0 Å². The van der Waals surface area contributed by atoms with Crippen molar-refractivity contribution in [3.8, 4) is 5.88 Å². The summed E-state index contributed by atoms with van der Waals surface area (Å²) in [6.45, 7) is 2.70. The van der Waals surface area contributed by atoms with Gasteiger partial charge in [-0.25, -0.2) is 15.0 Å². The highest BCUT2D eigenvalue weighted by Gasteiger charge is 2.24. The Morgan fingerprint density at radius 2 is 1.73 bits per heavy atom. The molecule has 8 nitrogen and oxygen atoms in total. The maximum Gasteiger partial charge on any atom is 0.274 e. The Bertz CT molecular complexity index is 1240. The van der Waals surface area contributed by atoms with Crippen LogP contribution < -0.4 is 9.64 Å². The van der Waals surface area contributed by atoms with E-state index < -0.39 is 0 Å². The van der Waals surface area contributed by atoms with E-state index >= 15 is 0 Å². The average Bonchev–Trinajstić information content (AvgIpc) is 2.82. The maximum absolute atomic E-state index is 12.9. The van der Waals surface area contributed by atoms with E-state index in [1.807, 2.05) is 47.4 Å². The van der Waals surface area contributed by atoms with Crippen LogP contribution in [0.5, 0.6) is 5.88 Å². The normalized spacial score (nSPS) is 14.3. The minimum absolute atomic E-state index is 0.0820. The lowest BCUT2D eigenvalue weighted by Gasteiger charge is -2.36. The second kappa shape index (κ2) is 7.55. The maximum atomic E-state index is 12.9. The number of anilines is 1. The summed E-state index contributed by atoms with van der Waals surface area (Å²) >= 11 is 0. The Kier molecular flexibility index (Phi) is 4.59. The van der Waals surface area contributed by atoms with Crippen molar-refractivity contribution in [2.45, 2.75) is 0 Å². The number of aromatic nitrogens is 4. The summed E-state index contributed by atoms with van der Waals surface area (Å²) in [7, 11) is 1.61. The largest absolute Gasteiger partial charge is 0.480 e. The number of benzene rings is 2. The second-order valence-corrected chi connectivity index (χ2v) is 7.11. The minimum Gasteiger partial charge on any atom is -0.480 e. The van der Waals surface area contributed by atoms with E-state index in [1.54, 1.807) is 13.3 Å². The lowest BCUT2D eigenvalue weighted by atomic mass is 10.2. The fourth-order valence-corrected chi connectivity index (χ4v) is 3.77. The lowest BCUT2D eigenvalue weighted by Crippen LogP contribution is -2.49. The Labute approximate surface area is 173 Å². The van der Waals surface area contributed by atoms with Crippen LogP contribution in [-0.4, -0.2) is 64.0 Å². The number of amides is 1. The summed E-state index contributed by atoms with van der Waals surface area (Å²) in [6.07, 6.45) is 3.06. The fraction of sp³-hybridized carbons (Fsp3) is 0.227. The first-order chi connectivity index (χ1) is 14.7. The molecule has 0 atom stereocenters. The van der Waals surface area contributed by atoms with Gasteiger partial charge in [-0.3, -0.25) is 9.78 Å². The molecule has 150 valence electrons. The van der Waals surface area contributed by atoms with E-state index in [4.69, 9.17) is 4.74 Å². The zero-order valence-electron chi connectivity index (χ0n) is 16.5. The van der Waals surface area contributed by atoms with E-state index in [-0.39, 0.29) is 5.91 Å². The Hall–Kier alpha value is -3.81. The summed E-state index contributed by atoms with van der Waals surface area (Å²) in [6, 6.07) is 13.6. The van der Waals surface area contributed by atoms with Crippen molar-refractivity contribution in [1.29, 1.82) is 0 Å². The van der Waals surface area contributed by atoms with E-state index in [9.17, 15) is 4.79 Å². The molecule has 0 bridgehead atoms. The minimum atomic E-state index is -0.0820. The standard InChI is InChI=1S/C22H20N6O2/c1-30-21-16-12-15(6-7-17(16)24-14-25-21)27-8-10-28(11-9-27)22(29)20-13-23-18-4-2-3-5-19(18)26-20/h2-7,12-14H,8-11H2,1H3. The van der Waals surface area contributed by atoms with Crippen LogP contribution >= 0.6 is 0 Å². The lowest BCUT2D eigenvalue weighted by molar-refractivity contribution is 0.0741. The number of para-hydroxylation sites is 2. The van der Waals surface area contributed by atoms with E-state index in [2.05, 4.69) is 24.8 Å². The molecule has 0 saturated carbocycles. The van der Waals surface area contributed by atoms with Crippen molar-refractivity contribution < 1.29 is 9.53 Å². The molecule has 1 aliphatic heterocycles. The van der Waals surface area contributed by atoms with Crippen molar-refractivity contribution in [1.82, 2.24) is 24.8 Å². The summed E-state index contributed by atoms with van der Waals surface area (Å²) < 4.78 is 5.36. The van der Waals surface area contributed by atoms with Gasteiger partial charge in [0.15, 0.2) is 0 Å². The third-order valence-corrected chi connectivity index (χ3v) is 5.38. The van der Waals surface area contributed by atoms with Crippen molar-refractivity contribution in [3.05, 3.63) is 60.7 Å². The first-order valence-corrected chi connectivity index (χ1v) is 9.78. The van der Waals surface area contributed by atoms with Crippen LogP contribution in [0.3, 0.4) is 0 Å². The molecule has 2 aromatic carbocycles. The number of carbonyl (C=O) groups is 1. The molecule has 30 heavy (non-hydrogen) atoms. The molecule has 1 aliphatic rings. The SMILES string of the molecule is COc1ncnc2ccc(N3CCN(C(=O)c4cnc5ccccc5n4)CC3)cc12. The molecule has 0 spiro atoms. The van der Waals surface area contributed by atoms with Crippen LogP contribution in [0.1, 0.15) is 10.5 Å². The first-order valence-electron chi connectivity index (χ1n) is 9.78. The van der Waals surface area contributed by atoms with Gasteiger partial charge < -0.3 is 14.5 Å². The average molecular weight is 400 g/mol. The van der Waals surface area contributed by atoms with Gasteiger partial charge in [-0.05, 0) is 30.3 Å². The molecule has 1 saturated heterocycles. The molecular weight excluding hydrogens is 380 g/mol. The molecule has 4 aromatic rings. The van der Waals surface area contributed by atoms with E-state index in [0.717, 1.165) is 40.7 Å². The smallest absolute Gasteiger partial charge is 0.274 e. The molecule has 0 unspecified atom stereocenters. The van der Waals surface area contributed by atoms with Gasteiger partial charge in [0.1, 0.15) is 12.0 Å². The molecule has 2 aromatic heterocycles. The molecule has 5 rings (SSSR count). The zero-order chi connectivity index (χ0) is 20.5. The highest BCUT2D eigenvalue weighted by Crippen LogP contribution is 2.27. The number of fused-ring (bicyclic) bond motifs is 2. The predicted molar refractivity (Wildman–Crippen MR) is 114 cm³/mol. The number of hydrogen-bond donors (Lipinski definition) is 0. The highest BCUT2D eigenvalue weighted by atomic mass is 16.5. The highest BCUT2D eigenvalue weighted by molar-refractivity contribution is 5.94. The van der Waals surface area contributed by atoms with Gasteiger partial charge in [0, 0.05) is 31.9 Å². The van der Waals surface area contributed by atoms with E-state index in [1.165, 1.54) is 6.33 Å². The zero-order valence-corrected chi connectivity index (χ0v) is 16.5. The Morgan fingerprint density at radius 1 is 0.933 bits per heavy atom. The Balaban J connectivity index is 1.32. The number of ether oxygens (including phenoxy) is 1. The summed E-state index contributed by atoms with van der Waals surface area (Å²) in [5, 5.41) is 0.877. The van der Waals surface area contributed by atoms with Crippen LogP contribution in [0.4, 0.5) is 5.69 Å². The monoisotopic (exact) mass is 400 g/mol. The third kappa shape index (κ3) is 3.26. The van der Waals surface area contributed by atoms with E-state index in [0.29, 0.717) is 24.7 Å². The number of carbonyl (C=O) groups excluding carboxylic acids is 1. The topological polar surface area (TPSA) is 84.3 Å². The molecule has 1 amide bonds. The molecule has 8 heteroatoms. The summed E-state index contributed by atoms with van der Waals surface area (Å²) in [5.74, 6) is 0.479. The number of rotatable bonds is 3. The molecular formula is C22H20N6O2. The predicted octanol–water partition coefficient (Wildman–Crippen LogP) is 2.54. The molecule has 0 aliphatic carbocycles. The van der Waals surface area contributed by atoms with Gasteiger partial charge in [-0.15, -0.1) is 0 Å². The number of piperazine rings is 1. The second-order valence-electron chi connectivity index (χ2n) is 7.11. The third-order valence-electron chi connectivity index (χ3n) is 5.38. The van der Waals surface area contributed by atoms with Crippen molar-refractivity contribution >= 4 is 33.5 Å². The van der Waals surface area contributed by atoms with Gasteiger partial charge in [0.05, 0.1) is 35.2 Å². The van der Waals surface area contributed by atoms with Crippen LogP contribution in [0.15, 0.2) is 55.0 Å². The Morgan fingerprint density at radius 3 is 2.53 bits per heavy atom. The first kappa shape index (κ1) is 18.2. The van der Waals surface area contributed by atoms with Crippen molar-refractivity contribution in [3.63, 3.8) is 0 Å². The van der Waals surface area contributed by atoms with Crippen LogP contribution in [-0.2, 0) is 0 Å². The number of hydrogen-bond acceptors (Lipinski definition) is 7. The molecule has 0 N–H and O–H groups in total. The number of nitrogens with zero attached hydrogens (tertiary/aromatic N) is 6. The van der Waals surface area contributed by atoms with Gasteiger partial charge >= 0.3 is 0 Å². The van der Waals surface area contributed by atoms with Crippen molar-refractivity contribution in [2.24, 2.45) is 0 Å². The molecule has 3 heterocycles.